The Morgan fingerprint density at radius 1 is 0.969 bits per heavy atom. The van der Waals surface area contributed by atoms with Crippen molar-refractivity contribution in [2.75, 3.05) is 5.32 Å². The first kappa shape index (κ1) is 20.4. The molecule has 0 fully saturated rings. The van der Waals surface area contributed by atoms with Gasteiger partial charge in [0.15, 0.2) is 0 Å². The number of rotatable bonds is 4. The predicted molar refractivity (Wildman–Crippen MR) is 122 cm³/mol. The minimum atomic E-state index is -2.29. The van der Waals surface area contributed by atoms with Gasteiger partial charge in [-0.3, -0.25) is 4.21 Å². The Kier molecular flexibility index (Phi) is 5.26. The van der Waals surface area contributed by atoms with E-state index in [1.807, 2.05) is 6.07 Å². The van der Waals surface area contributed by atoms with E-state index in [0.717, 1.165) is 5.39 Å². The van der Waals surface area contributed by atoms with Gasteiger partial charge in [-0.2, -0.15) is 0 Å². The average molecular weight is 464 g/mol. The van der Waals surface area contributed by atoms with Gasteiger partial charge in [0, 0.05) is 31.9 Å². The monoisotopic (exact) mass is 463 g/mol. The first-order valence-corrected chi connectivity index (χ1v) is 10.9. The van der Waals surface area contributed by atoms with E-state index in [9.17, 15) is 13.2 Å². The Morgan fingerprint density at radius 2 is 1.75 bits per heavy atom. The second-order valence-electron chi connectivity index (χ2n) is 6.94. The molecule has 0 aliphatic rings. The Hall–Kier alpha value is -3.46. The topological polar surface area (TPSA) is 90.8 Å². The van der Waals surface area contributed by atoms with E-state index in [2.05, 4.69) is 20.3 Å². The molecule has 9 heteroatoms. The number of fused-ring (bicyclic) bond motifs is 3. The second kappa shape index (κ2) is 8.23. The summed E-state index contributed by atoms with van der Waals surface area (Å²) in [6.45, 7) is 0. The van der Waals surface area contributed by atoms with Crippen LogP contribution in [0.2, 0.25) is 5.02 Å². The Balaban J connectivity index is 1.65. The van der Waals surface area contributed by atoms with Crippen LogP contribution in [0.1, 0.15) is 0 Å². The molecule has 6 nitrogen and oxygen atoms in total. The SMILES string of the molecule is O=S([O-])c1ccc(Nc2ncc3nc(-c4ccccc4F)c4cc(Cl)ccc4c3n2)cc1. The molecule has 5 rings (SSSR count). The zero-order chi connectivity index (χ0) is 22.2. The summed E-state index contributed by atoms with van der Waals surface area (Å²) in [6.07, 6.45) is 1.56. The highest BCUT2D eigenvalue weighted by Crippen LogP contribution is 2.34. The van der Waals surface area contributed by atoms with Crippen LogP contribution in [0.3, 0.4) is 0 Å². The number of halogens is 2. The highest BCUT2D eigenvalue weighted by atomic mass is 35.5. The standard InChI is InChI=1S/C23H14ClFN4O2S/c24-13-5-10-16-18(11-13)21(17-3-1-2-4-19(17)25)28-20-12-26-23(29-22(16)20)27-14-6-8-15(9-7-14)32(30)31/h1-12H,(H,30,31)(H,26,27,29)/p-1. The lowest BCUT2D eigenvalue weighted by Crippen LogP contribution is -2.00. The fourth-order valence-corrected chi connectivity index (χ4v) is 3.98. The highest BCUT2D eigenvalue weighted by Gasteiger charge is 2.15. The van der Waals surface area contributed by atoms with Crippen LogP contribution in [0.5, 0.6) is 0 Å². The molecule has 5 aromatic rings. The van der Waals surface area contributed by atoms with E-state index in [1.165, 1.54) is 18.2 Å². The Labute approximate surface area is 189 Å². The predicted octanol–water partition coefficient (Wildman–Crippen LogP) is 5.62. The summed E-state index contributed by atoms with van der Waals surface area (Å²) in [5.41, 5.74) is 2.52. The number of hydrogen-bond acceptors (Lipinski definition) is 6. The number of hydrogen-bond donors (Lipinski definition) is 1. The molecule has 3 aromatic carbocycles. The molecule has 1 N–H and O–H groups in total. The second-order valence-corrected chi connectivity index (χ2v) is 8.32. The third-order valence-electron chi connectivity index (χ3n) is 4.93. The van der Waals surface area contributed by atoms with Gasteiger partial charge in [-0.15, -0.1) is 0 Å². The number of nitrogens with zero attached hydrogens (tertiary/aromatic N) is 3. The Morgan fingerprint density at radius 3 is 2.50 bits per heavy atom. The maximum Gasteiger partial charge on any atom is 0.227 e. The molecule has 0 bridgehead atoms. The van der Waals surface area contributed by atoms with Gasteiger partial charge in [0.1, 0.15) is 16.9 Å². The van der Waals surface area contributed by atoms with Crippen molar-refractivity contribution in [1.82, 2.24) is 15.0 Å². The maximum absolute atomic E-state index is 14.5. The fourth-order valence-electron chi connectivity index (χ4n) is 3.45. The van der Waals surface area contributed by atoms with Gasteiger partial charge in [-0.25, -0.2) is 19.3 Å². The normalized spacial score (nSPS) is 12.2. The molecule has 158 valence electrons. The lowest BCUT2D eigenvalue weighted by atomic mass is 10.0. The quantitative estimate of drug-likeness (QED) is 0.275. The fraction of sp³-hybridized carbons (Fsp3) is 0. The lowest BCUT2D eigenvalue weighted by molar-refractivity contribution is 0.537. The molecular formula is C23H13ClFN4O2S-. The van der Waals surface area contributed by atoms with Crippen LogP contribution < -0.4 is 5.32 Å². The van der Waals surface area contributed by atoms with Crippen LogP contribution in [0, 0.1) is 5.82 Å². The molecule has 2 heterocycles. The molecule has 0 saturated heterocycles. The number of nitrogens with one attached hydrogen (secondary N) is 1. The van der Waals surface area contributed by atoms with Crippen molar-refractivity contribution in [3.8, 4) is 11.3 Å². The molecule has 2 aromatic heterocycles. The molecule has 0 saturated carbocycles. The van der Waals surface area contributed by atoms with Gasteiger partial charge in [0.25, 0.3) is 0 Å². The van der Waals surface area contributed by atoms with Gasteiger partial charge in [0.05, 0.1) is 11.9 Å². The molecule has 0 radical (unpaired) electrons. The van der Waals surface area contributed by atoms with E-state index in [1.54, 1.807) is 48.7 Å². The summed E-state index contributed by atoms with van der Waals surface area (Å²) < 4.78 is 36.6. The molecule has 32 heavy (non-hydrogen) atoms. The minimum Gasteiger partial charge on any atom is -0.768 e. The van der Waals surface area contributed by atoms with Crippen molar-refractivity contribution in [2.45, 2.75) is 4.90 Å². The van der Waals surface area contributed by atoms with Crippen molar-refractivity contribution in [2.24, 2.45) is 0 Å². The third-order valence-corrected chi connectivity index (χ3v) is 5.82. The van der Waals surface area contributed by atoms with E-state index in [0.29, 0.717) is 44.3 Å². The van der Waals surface area contributed by atoms with Gasteiger partial charge in [-0.05, 0) is 59.6 Å². The summed E-state index contributed by atoms with van der Waals surface area (Å²) in [7, 11) is 0. The first-order chi connectivity index (χ1) is 15.5. The van der Waals surface area contributed by atoms with Crippen molar-refractivity contribution in [1.29, 1.82) is 0 Å². The number of anilines is 2. The highest BCUT2D eigenvalue weighted by molar-refractivity contribution is 7.79. The molecular weight excluding hydrogens is 451 g/mol. The van der Waals surface area contributed by atoms with Gasteiger partial charge >= 0.3 is 0 Å². The van der Waals surface area contributed by atoms with Crippen molar-refractivity contribution < 1.29 is 13.2 Å². The van der Waals surface area contributed by atoms with Crippen molar-refractivity contribution >= 4 is 56.1 Å². The zero-order valence-corrected chi connectivity index (χ0v) is 17.8. The number of benzene rings is 3. The molecule has 1 atom stereocenters. The van der Waals surface area contributed by atoms with E-state index >= 15 is 0 Å². The zero-order valence-electron chi connectivity index (χ0n) is 16.3. The lowest BCUT2D eigenvalue weighted by Gasteiger charge is -2.12. The van der Waals surface area contributed by atoms with Crippen LogP contribution in [0.15, 0.2) is 77.8 Å². The van der Waals surface area contributed by atoms with E-state index in [4.69, 9.17) is 11.6 Å². The summed E-state index contributed by atoms with van der Waals surface area (Å²) in [5.74, 6) is -0.0764. The van der Waals surface area contributed by atoms with Gasteiger partial charge in [0.2, 0.25) is 5.95 Å². The number of pyridine rings is 1. The largest absolute Gasteiger partial charge is 0.768 e. The van der Waals surface area contributed by atoms with Crippen LogP contribution in [0.25, 0.3) is 33.1 Å². The van der Waals surface area contributed by atoms with E-state index < -0.39 is 11.1 Å². The minimum absolute atomic E-state index is 0.183. The smallest absolute Gasteiger partial charge is 0.227 e. The van der Waals surface area contributed by atoms with Crippen LogP contribution in [-0.4, -0.2) is 23.7 Å². The summed E-state index contributed by atoms with van der Waals surface area (Å²) >= 11 is 3.94. The van der Waals surface area contributed by atoms with Crippen LogP contribution >= 0.6 is 11.6 Å². The summed E-state index contributed by atoms with van der Waals surface area (Å²) in [6, 6.07) is 17.9. The third kappa shape index (κ3) is 3.80. The number of aromatic nitrogens is 3. The molecule has 0 amide bonds. The molecule has 1 unspecified atom stereocenters. The molecule has 0 spiro atoms. The van der Waals surface area contributed by atoms with Crippen molar-refractivity contribution in [3.05, 3.63) is 83.8 Å². The van der Waals surface area contributed by atoms with Crippen molar-refractivity contribution in [3.63, 3.8) is 0 Å². The van der Waals surface area contributed by atoms with Gasteiger partial charge in [-0.1, -0.05) is 29.8 Å². The average Bonchev–Trinajstić information content (AvgIpc) is 2.79. The van der Waals surface area contributed by atoms with Gasteiger partial charge < -0.3 is 9.87 Å². The summed E-state index contributed by atoms with van der Waals surface area (Å²) in [4.78, 5) is 13.7. The molecule has 0 aliphatic heterocycles. The van der Waals surface area contributed by atoms with E-state index in [-0.39, 0.29) is 10.7 Å². The maximum atomic E-state index is 14.5. The van der Waals surface area contributed by atoms with Crippen LogP contribution in [0.4, 0.5) is 16.0 Å². The first-order valence-electron chi connectivity index (χ1n) is 9.47. The summed E-state index contributed by atoms with van der Waals surface area (Å²) in [5, 5.41) is 4.97. The van der Waals surface area contributed by atoms with Crippen LogP contribution in [-0.2, 0) is 11.1 Å². The Bertz CT molecular complexity index is 1510. The molecule has 0 aliphatic carbocycles.